The van der Waals surface area contributed by atoms with Crippen molar-refractivity contribution in [1.29, 1.82) is 0 Å². The van der Waals surface area contributed by atoms with Crippen LogP contribution in [-0.2, 0) is 9.53 Å². The van der Waals surface area contributed by atoms with Gasteiger partial charge in [-0.25, -0.2) is 0 Å². The van der Waals surface area contributed by atoms with Crippen molar-refractivity contribution in [3.63, 3.8) is 0 Å². The lowest BCUT2D eigenvalue weighted by Gasteiger charge is -2.25. The molecule has 1 aliphatic rings. The van der Waals surface area contributed by atoms with E-state index >= 15 is 0 Å². The number of carbonyl (C=O) groups excluding carboxylic acids is 2. The van der Waals surface area contributed by atoms with Crippen LogP contribution in [0.15, 0.2) is 18.3 Å². The third-order valence-electron chi connectivity index (χ3n) is 3.92. The quantitative estimate of drug-likeness (QED) is 0.677. The molecule has 0 spiro atoms. The van der Waals surface area contributed by atoms with Crippen molar-refractivity contribution >= 4 is 22.6 Å². The molecule has 0 aliphatic carbocycles. The molecule has 0 atom stereocenters. The topological polar surface area (TPSA) is 80.9 Å². The van der Waals surface area contributed by atoms with Gasteiger partial charge < -0.3 is 24.1 Å². The van der Waals surface area contributed by atoms with Crippen LogP contribution in [0.4, 0.5) is 0 Å². The van der Waals surface area contributed by atoms with Gasteiger partial charge in [0.1, 0.15) is 0 Å². The number of rotatable bonds is 4. The highest BCUT2D eigenvalue weighted by molar-refractivity contribution is 6.44. The number of ketones is 1. The summed E-state index contributed by atoms with van der Waals surface area (Å²) in [6.07, 6.45) is 1.55. The number of aromatic nitrogens is 1. The molecule has 3 rings (SSSR count). The fraction of sp³-hybridized carbons (Fsp3) is 0.375. The van der Waals surface area contributed by atoms with Crippen LogP contribution >= 0.6 is 0 Å². The molecule has 1 amide bonds. The van der Waals surface area contributed by atoms with Crippen molar-refractivity contribution < 1.29 is 23.8 Å². The number of nitrogens with one attached hydrogen (secondary N) is 1. The minimum atomic E-state index is -0.537. The highest BCUT2D eigenvalue weighted by Gasteiger charge is 2.27. The maximum absolute atomic E-state index is 12.5. The maximum atomic E-state index is 12.5. The predicted octanol–water partition coefficient (Wildman–Crippen LogP) is 1.23. The summed E-state index contributed by atoms with van der Waals surface area (Å²) in [5.74, 6) is 0.0159. The molecular weight excluding hydrogens is 300 g/mol. The molecule has 7 nitrogen and oxygen atoms in total. The number of hydrogen-bond acceptors (Lipinski definition) is 5. The molecule has 1 aromatic carbocycles. The molecule has 122 valence electrons. The molecular formula is C16H18N2O5. The van der Waals surface area contributed by atoms with E-state index in [4.69, 9.17) is 14.2 Å². The predicted molar refractivity (Wildman–Crippen MR) is 83.1 cm³/mol. The van der Waals surface area contributed by atoms with Gasteiger partial charge in [-0.15, -0.1) is 0 Å². The molecule has 0 bridgehead atoms. The van der Waals surface area contributed by atoms with Crippen LogP contribution in [0.2, 0.25) is 0 Å². The van der Waals surface area contributed by atoms with E-state index in [2.05, 4.69) is 4.98 Å². The average Bonchev–Trinajstić information content (AvgIpc) is 3.02. The van der Waals surface area contributed by atoms with Gasteiger partial charge in [-0.3, -0.25) is 9.59 Å². The van der Waals surface area contributed by atoms with E-state index in [1.807, 2.05) is 0 Å². The number of benzene rings is 1. The second-order valence-corrected chi connectivity index (χ2v) is 5.19. The fourth-order valence-electron chi connectivity index (χ4n) is 2.66. The van der Waals surface area contributed by atoms with Gasteiger partial charge >= 0.3 is 0 Å². The maximum Gasteiger partial charge on any atom is 0.295 e. The smallest absolute Gasteiger partial charge is 0.295 e. The zero-order valence-electron chi connectivity index (χ0n) is 13.0. The molecule has 1 N–H and O–H groups in total. The number of hydrogen-bond donors (Lipinski definition) is 1. The number of H-pyrrole nitrogens is 1. The number of methoxy groups -OCH3 is 2. The lowest BCUT2D eigenvalue weighted by molar-refractivity contribution is -0.130. The van der Waals surface area contributed by atoms with Gasteiger partial charge in [0.05, 0.1) is 38.5 Å². The minimum absolute atomic E-state index is 0.331. The first-order valence-electron chi connectivity index (χ1n) is 7.30. The summed E-state index contributed by atoms with van der Waals surface area (Å²) in [5, 5.41) is 0.634. The van der Waals surface area contributed by atoms with E-state index in [-0.39, 0.29) is 0 Å². The van der Waals surface area contributed by atoms with E-state index < -0.39 is 11.7 Å². The zero-order chi connectivity index (χ0) is 16.4. The molecule has 0 unspecified atom stereocenters. The Morgan fingerprint density at radius 3 is 2.43 bits per heavy atom. The molecule has 2 heterocycles. The van der Waals surface area contributed by atoms with Crippen LogP contribution in [0.3, 0.4) is 0 Å². The van der Waals surface area contributed by atoms with Crippen molar-refractivity contribution in [3.05, 3.63) is 23.9 Å². The highest BCUT2D eigenvalue weighted by Crippen LogP contribution is 2.33. The molecule has 1 aliphatic heterocycles. The van der Waals surface area contributed by atoms with E-state index in [0.29, 0.717) is 54.3 Å². The molecule has 7 heteroatoms. The van der Waals surface area contributed by atoms with Crippen molar-refractivity contribution in [2.24, 2.45) is 0 Å². The highest BCUT2D eigenvalue weighted by atomic mass is 16.5. The number of morpholine rings is 1. The number of fused-ring (bicyclic) bond motifs is 1. The Labute approximate surface area is 133 Å². The molecule has 0 radical (unpaired) electrons. The third kappa shape index (κ3) is 2.75. The first-order valence-corrected chi connectivity index (χ1v) is 7.30. The second kappa shape index (κ2) is 6.29. The summed E-state index contributed by atoms with van der Waals surface area (Å²) in [7, 11) is 3.07. The summed E-state index contributed by atoms with van der Waals surface area (Å²) < 4.78 is 15.7. The molecule has 0 saturated carbocycles. The first-order chi connectivity index (χ1) is 11.2. The Bertz CT molecular complexity index is 746. The minimum Gasteiger partial charge on any atom is -0.493 e. The number of Topliss-reactive ketones (excluding diaryl/α,β-unsaturated/α-hetero) is 1. The lowest BCUT2D eigenvalue weighted by Crippen LogP contribution is -2.44. The summed E-state index contributed by atoms with van der Waals surface area (Å²) in [5.41, 5.74) is 1.04. The molecule has 1 saturated heterocycles. The van der Waals surface area contributed by atoms with E-state index in [1.54, 1.807) is 25.4 Å². The molecule has 23 heavy (non-hydrogen) atoms. The van der Waals surface area contributed by atoms with Crippen LogP contribution in [-0.4, -0.2) is 62.1 Å². The van der Waals surface area contributed by atoms with Gasteiger partial charge in [-0.2, -0.15) is 0 Å². The van der Waals surface area contributed by atoms with Gasteiger partial charge in [0.15, 0.2) is 11.5 Å². The first kappa shape index (κ1) is 15.4. The molecule has 2 aromatic rings. The van der Waals surface area contributed by atoms with Crippen LogP contribution in [0.5, 0.6) is 11.5 Å². The summed E-state index contributed by atoms with van der Waals surface area (Å²) >= 11 is 0. The van der Waals surface area contributed by atoms with E-state index in [1.165, 1.54) is 12.0 Å². The largest absolute Gasteiger partial charge is 0.493 e. The Hall–Kier alpha value is -2.54. The Morgan fingerprint density at radius 1 is 1.13 bits per heavy atom. The van der Waals surface area contributed by atoms with Gasteiger partial charge in [-0.1, -0.05) is 0 Å². The number of carbonyl (C=O) groups is 2. The third-order valence-corrected chi connectivity index (χ3v) is 3.92. The monoisotopic (exact) mass is 318 g/mol. The van der Waals surface area contributed by atoms with Gasteiger partial charge in [0.2, 0.25) is 0 Å². The van der Waals surface area contributed by atoms with Gasteiger partial charge in [0, 0.05) is 30.7 Å². The van der Waals surface area contributed by atoms with Gasteiger partial charge in [-0.05, 0) is 6.07 Å². The van der Waals surface area contributed by atoms with E-state index in [0.717, 1.165) is 0 Å². The SMILES string of the molecule is COc1cc2[nH]cc(C(=O)C(=O)N3CCOCC3)c2cc1OC. The number of ether oxygens (including phenoxy) is 3. The second-order valence-electron chi connectivity index (χ2n) is 5.19. The number of aromatic amines is 1. The van der Waals surface area contributed by atoms with Crippen molar-refractivity contribution in [2.45, 2.75) is 0 Å². The van der Waals surface area contributed by atoms with Crippen LogP contribution in [0.1, 0.15) is 10.4 Å². The van der Waals surface area contributed by atoms with E-state index in [9.17, 15) is 9.59 Å². The zero-order valence-corrected chi connectivity index (χ0v) is 13.0. The van der Waals surface area contributed by atoms with Crippen LogP contribution in [0.25, 0.3) is 10.9 Å². The van der Waals surface area contributed by atoms with Gasteiger partial charge in [0.25, 0.3) is 11.7 Å². The summed E-state index contributed by atoms with van der Waals surface area (Å²) in [4.78, 5) is 29.4. The summed E-state index contributed by atoms with van der Waals surface area (Å²) in [6.45, 7) is 1.78. The fourth-order valence-corrected chi connectivity index (χ4v) is 2.66. The normalized spacial score (nSPS) is 14.8. The van der Waals surface area contributed by atoms with Crippen LogP contribution < -0.4 is 9.47 Å². The Morgan fingerprint density at radius 2 is 1.78 bits per heavy atom. The van der Waals surface area contributed by atoms with Crippen molar-refractivity contribution in [1.82, 2.24) is 9.88 Å². The standard InChI is InChI=1S/C16H18N2O5/c1-21-13-7-10-11(9-17-12(10)8-14(13)22-2)15(19)16(20)18-3-5-23-6-4-18/h7-9,17H,3-6H2,1-2H3. The Balaban J connectivity index is 1.95. The average molecular weight is 318 g/mol. The molecule has 1 aromatic heterocycles. The van der Waals surface area contributed by atoms with Crippen molar-refractivity contribution in [2.75, 3.05) is 40.5 Å². The van der Waals surface area contributed by atoms with Crippen molar-refractivity contribution in [3.8, 4) is 11.5 Å². The lowest BCUT2D eigenvalue weighted by atomic mass is 10.1. The number of nitrogens with zero attached hydrogens (tertiary/aromatic N) is 1. The van der Waals surface area contributed by atoms with Crippen LogP contribution in [0, 0.1) is 0 Å². The Kier molecular flexibility index (Phi) is 4.20. The number of amides is 1. The summed E-state index contributed by atoms with van der Waals surface area (Å²) in [6, 6.07) is 3.44. The molecule has 1 fully saturated rings.